The van der Waals surface area contributed by atoms with Gasteiger partial charge in [-0.15, -0.1) is 0 Å². The van der Waals surface area contributed by atoms with E-state index in [1.165, 1.54) is 0 Å². The van der Waals surface area contributed by atoms with Gasteiger partial charge in [0, 0.05) is 11.7 Å². The van der Waals surface area contributed by atoms with E-state index in [0.717, 1.165) is 16.8 Å². The molecule has 0 amide bonds. The van der Waals surface area contributed by atoms with Gasteiger partial charge in [-0.3, -0.25) is 4.79 Å². The maximum absolute atomic E-state index is 12.5. The van der Waals surface area contributed by atoms with Gasteiger partial charge in [0.05, 0.1) is 17.5 Å². The molecule has 2 N–H and O–H groups in total. The first-order valence-electron chi connectivity index (χ1n) is 8.86. The van der Waals surface area contributed by atoms with E-state index < -0.39 is 0 Å². The molecule has 0 bridgehead atoms. The lowest BCUT2D eigenvalue weighted by atomic mass is 10.0. The van der Waals surface area contributed by atoms with E-state index in [1.807, 2.05) is 62.4 Å². The molecule has 0 aliphatic carbocycles. The van der Waals surface area contributed by atoms with Gasteiger partial charge in [0.1, 0.15) is 0 Å². The van der Waals surface area contributed by atoms with E-state index in [9.17, 15) is 4.79 Å². The first-order chi connectivity index (χ1) is 13.0. The van der Waals surface area contributed by atoms with E-state index in [1.54, 1.807) is 0 Å². The summed E-state index contributed by atoms with van der Waals surface area (Å²) in [4.78, 5) is 19.7. The fourth-order valence-corrected chi connectivity index (χ4v) is 2.87. The normalized spacial score (nSPS) is 11.8. The Labute approximate surface area is 158 Å². The Kier molecular flexibility index (Phi) is 5.41. The number of aromatic amines is 1. The molecule has 0 saturated heterocycles. The smallest absolute Gasteiger partial charge is 0.259 e. The second-order valence-corrected chi connectivity index (χ2v) is 6.26. The minimum atomic E-state index is -0.216. The van der Waals surface area contributed by atoms with Crippen LogP contribution in [0.2, 0.25) is 0 Å². The molecule has 0 saturated carbocycles. The van der Waals surface area contributed by atoms with Crippen LogP contribution in [-0.2, 0) is 4.74 Å². The second kappa shape index (κ2) is 7.91. The molecule has 0 spiro atoms. The van der Waals surface area contributed by atoms with Crippen molar-refractivity contribution in [2.24, 2.45) is 0 Å². The minimum Gasteiger partial charge on any atom is -0.491 e. The summed E-state index contributed by atoms with van der Waals surface area (Å²) < 4.78 is 5.33. The zero-order valence-electron chi connectivity index (χ0n) is 15.6. The molecule has 3 aromatic rings. The van der Waals surface area contributed by atoms with Gasteiger partial charge in [-0.1, -0.05) is 49.6 Å². The Morgan fingerprint density at radius 3 is 2.67 bits per heavy atom. The van der Waals surface area contributed by atoms with E-state index in [-0.39, 0.29) is 11.6 Å². The van der Waals surface area contributed by atoms with Crippen LogP contribution in [0, 0.1) is 0 Å². The van der Waals surface area contributed by atoms with Crippen molar-refractivity contribution in [3.8, 4) is 0 Å². The number of benzene rings is 2. The average molecular weight is 361 g/mol. The third kappa shape index (κ3) is 4.08. The SMILES string of the molecule is C=C(N[C@H](C)c1ccc2nc(C(=C)OCC)[nH]c(=O)c2c1)c1ccccc1. The fourth-order valence-electron chi connectivity index (χ4n) is 2.87. The molecule has 5 heteroatoms. The molecule has 5 nitrogen and oxygen atoms in total. The third-order valence-corrected chi connectivity index (χ3v) is 4.33. The van der Waals surface area contributed by atoms with Crippen molar-refractivity contribution in [1.82, 2.24) is 15.3 Å². The first kappa shape index (κ1) is 18.5. The Hall–Kier alpha value is -3.34. The quantitative estimate of drug-likeness (QED) is 0.617. The number of fused-ring (bicyclic) bond motifs is 1. The van der Waals surface area contributed by atoms with Gasteiger partial charge in [-0.2, -0.15) is 0 Å². The van der Waals surface area contributed by atoms with Gasteiger partial charge in [0.25, 0.3) is 5.56 Å². The van der Waals surface area contributed by atoms with E-state index in [4.69, 9.17) is 4.74 Å². The summed E-state index contributed by atoms with van der Waals surface area (Å²) >= 11 is 0. The monoisotopic (exact) mass is 361 g/mol. The van der Waals surface area contributed by atoms with Gasteiger partial charge in [0.2, 0.25) is 0 Å². The van der Waals surface area contributed by atoms with Crippen LogP contribution in [0.25, 0.3) is 22.4 Å². The summed E-state index contributed by atoms with van der Waals surface area (Å²) in [7, 11) is 0. The number of nitrogens with one attached hydrogen (secondary N) is 2. The molecular weight excluding hydrogens is 338 g/mol. The summed E-state index contributed by atoms with van der Waals surface area (Å²) in [5.41, 5.74) is 3.23. The summed E-state index contributed by atoms with van der Waals surface area (Å²) in [5, 5.41) is 3.91. The Morgan fingerprint density at radius 1 is 1.22 bits per heavy atom. The minimum absolute atomic E-state index is 0.0143. The van der Waals surface area contributed by atoms with Crippen LogP contribution in [0.3, 0.4) is 0 Å². The van der Waals surface area contributed by atoms with Crippen molar-refractivity contribution in [1.29, 1.82) is 0 Å². The average Bonchev–Trinajstić information content (AvgIpc) is 2.68. The van der Waals surface area contributed by atoms with Crippen LogP contribution < -0.4 is 10.9 Å². The van der Waals surface area contributed by atoms with E-state index >= 15 is 0 Å². The highest BCUT2D eigenvalue weighted by Crippen LogP contribution is 2.21. The van der Waals surface area contributed by atoms with Crippen LogP contribution >= 0.6 is 0 Å². The van der Waals surface area contributed by atoms with Gasteiger partial charge in [0.15, 0.2) is 11.6 Å². The lowest BCUT2D eigenvalue weighted by molar-refractivity contribution is 0.296. The van der Waals surface area contributed by atoms with Crippen molar-refractivity contribution in [3.05, 3.63) is 89.0 Å². The largest absolute Gasteiger partial charge is 0.491 e. The maximum atomic E-state index is 12.5. The lowest BCUT2D eigenvalue weighted by Crippen LogP contribution is -2.17. The lowest BCUT2D eigenvalue weighted by Gasteiger charge is -2.18. The second-order valence-electron chi connectivity index (χ2n) is 6.26. The Balaban J connectivity index is 1.87. The zero-order valence-corrected chi connectivity index (χ0v) is 15.6. The molecule has 0 unspecified atom stereocenters. The maximum Gasteiger partial charge on any atom is 0.259 e. The summed E-state index contributed by atoms with van der Waals surface area (Å²) in [6.45, 7) is 12.3. The van der Waals surface area contributed by atoms with Crippen LogP contribution in [-0.4, -0.2) is 16.6 Å². The highest BCUT2D eigenvalue weighted by molar-refractivity contribution is 5.79. The molecule has 2 aromatic carbocycles. The summed E-state index contributed by atoms with van der Waals surface area (Å²) in [6.07, 6.45) is 0. The predicted molar refractivity (Wildman–Crippen MR) is 110 cm³/mol. The van der Waals surface area contributed by atoms with Gasteiger partial charge < -0.3 is 15.0 Å². The number of ether oxygens (including phenoxy) is 1. The fraction of sp³-hybridized carbons (Fsp3) is 0.182. The number of nitrogens with zero attached hydrogens (tertiary/aromatic N) is 1. The zero-order chi connectivity index (χ0) is 19.4. The van der Waals surface area contributed by atoms with E-state index in [0.29, 0.717) is 29.1 Å². The molecule has 1 heterocycles. The predicted octanol–water partition coefficient (Wildman–Crippen LogP) is 4.25. The van der Waals surface area contributed by atoms with Crippen molar-refractivity contribution in [2.75, 3.05) is 6.61 Å². The number of hydrogen-bond donors (Lipinski definition) is 2. The first-order valence-corrected chi connectivity index (χ1v) is 8.86. The third-order valence-electron chi connectivity index (χ3n) is 4.33. The van der Waals surface area contributed by atoms with Gasteiger partial charge in [-0.25, -0.2) is 4.98 Å². The van der Waals surface area contributed by atoms with Crippen molar-refractivity contribution >= 4 is 22.4 Å². The van der Waals surface area contributed by atoms with Crippen LogP contribution in [0.1, 0.15) is 36.8 Å². The van der Waals surface area contributed by atoms with Crippen LogP contribution in [0.4, 0.5) is 0 Å². The number of hydrogen-bond acceptors (Lipinski definition) is 4. The molecule has 27 heavy (non-hydrogen) atoms. The standard InChI is InChI=1S/C22H23N3O2/c1-5-27-16(4)21-24-20-12-11-18(13-19(20)22(26)25-21)15(3)23-14(2)17-9-7-6-8-10-17/h6-13,15,23H,2,4-5H2,1,3H3,(H,24,25,26)/t15-/m1/s1. The number of H-pyrrole nitrogens is 1. The van der Waals surface area contributed by atoms with Crippen molar-refractivity contribution in [2.45, 2.75) is 19.9 Å². The molecule has 1 aromatic heterocycles. The molecule has 0 radical (unpaired) electrons. The molecular formula is C22H23N3O2. The van der Waals surface area contributed by atoms with Gasteiger partial charge in [-0.05, 0) is 37.1 Å². The molecule has 0 aliphatic rings. The molecule has 1 atom stereocenters. The molecule has 0 aliphatic heterocycles. The molecule has 3 rings (SSSR count). The van der Waals surface area contributed by atoms with Crippen LogP contribution in [0.5, 0.6) is 0 Å². The molecule has 0 fully saturated rings. The topological polar surface area (TPSA) is 67.0 Å². The molecule has 138 valence electrons. The van der Waals surface area contributed by atoms with Crippen molar-refractivity contribution < 1.29 is 4.74 Å². The number of rotatable bonds is 7. The summed E-state index contributed by atoms with van der Waals surface area (Å²) in [5.74, 6) is 0.709. The highest BCUT2D eigenvalue weighted by atomic mass is 16.5. The Morgan fingerprint density at radius 2 is 1.96 bits per heavy atom. The summed E-state index contributed by atoms with van der Waals surface area (Å²) in [6, 6.07) is 15.6. The Bertz CT molecular complexity index is 1040. The highest BCUT2D eigenvalue weighted by Gasteiger charge is 2.12. The van der Waals surface area contributed by atoms with E-state index in [2.05, 4.69) is 28.4 Å². The van der Waals surface area contributed by atoms with Gasteiger partial charge >= 0.3 is 0 Å². The number of aromatic nitrogens is 2. The van der Waals surface area contributed by atoms with Crippen molar-refractivity contribution in [3.63, 3.8) is 0 Å². The van der Waals surface area contributed by atoms with Crippen LogP contribution in [0.15, 0.2) is 66.5 Å².